The zero-order valence-electron chi connectivity index (χ0n) is 10.7. The number of benzene rings is 1. The summed E-state index contributed by atoms with van der Waals surface area (Å²) in [5, 5.41) is 23.1. The van der Waals surface area contributed by atoms with Crippen LogP contribution in [0.2, 0.25) is 0 Å². The molecule has 7 heteroatoms. The lowest BCUT2D eigenvalue weighted by molar-refractivity contribution is -0.384. The van der Waals surface area contributed by atoms with Gasteiger partial charge in [-0.2, -0.15) is 0 Å². The van der Waals surface area contributed by atoms with Gasteiger partial charge in [0.05, 0.1) is 10.8 Å². The van der Waals surface area contributed by atoms with E-state index in [4.69, 9.17) is 5.11 Å². The van der Waals surface area contributed by atoms with Crippen molar-refractivity contribution in [3.05, 3.63) is 31.9 Å². The molecule has 1 aromatic rings. The number of carboxylic acid groups (broad SMARTS) is 1. The van der Waals surface area contributed by atoms with E-state index in [9.17, 15) is 14.9 Å². The minimum absolute atomic E-state index is 0.0620. The van der Waals surface area contributed by atoms with Crippen molar-refractivity contribution in [1.82, 2.24) is 0 Å². The van der Waals surface area contributed by atoms with E-state index in [0.717, 1.165) is 28.5 Å². The van der Waals surface area contributed by atoms with E-state index in [1.165, 1.54) is 12.1 Å². The number of aliphatic carboxylic acids is 1. The summed E-state index contributed by atoms with van der Waals surface area (Å²) in [4.78, 5) is 21.3. The van der Waals surface area contributed by atoms with Crippen LogP contribution in [0.25, 0.3) is 0 Å². The number of nitrogens with zero attached hydrogens (tertiary/aromatic N) is 1. The molecule has 0 bridgehead atoms. The Morgan fingerprint density at radius 1 is 1.45 bits per heavy atom. The molecule has 2 unspecified atom stereocenters. The maximum absolute atomic E-state index is 11.0. The minimum atomic E-state index is -0.741. The van der Waals surface area contributed by atoms with Crippen molar-refractivity contribution in [1.29, 1.82) is 0 Å². The number of carbonyl (C=O) groups is 1. The fourth-order valence-electron chi connectivity index (χ4n) is 2.50. The third kappa shape index (κ3) is 3.59. The molecule has 0 spiro atoms. The molecule has 0 aromatic heterocycles. The molecule has 0 aliphatic heterocycles. The largest absolute Gasteiger partial charge is 0.481 e. The standard InChI is InChI=1S/C13H15IN2O4/c14-11-7-10(16(19)20)4-5-12(11)15-9-3-1-2-8(6-9)13(17)18/h4-5,7-9,15H,1-3,6H2,(H,17,18). The Balaban J connectivity index is 2.06. The van der Waals surface area contributed by atoms with E-state index in [0.29, 0.717) is 6.42 Å². The number of non-ortho nitro benzene ring substituents is 1. The van der Waals surface area contributed by atoms with Gasteiger partial charge in [0.15, 0.2) is 0 Å². The molecular weight excluding hydrogens is 375 g/mol. The van der Waals surface area contributed by atoms with Crippen molar-refractivity contribution in [2.24, 2.45) is 5.92 Å². The van der Waals surface area contributed by atoms with Crippen LogP contribution < -0.4 is 5.32 Å². The Kier molecular flexibility index (Phi) is 4.79. The zero-order valence-corrected chi connectivity index (χ0v) is 12.9. The van der Waals surface area contributed by atoms with Crippen molar-refractivity contribution in [2.45, 2.75) is 31.7 Å². The average molecular weight is 390 g/mol. The molecule has 1 saturated carbocycles. The highest BCUT2D eigenvalue weighted by Crippen LogP contribution is 2.30. The number of carboxylic acids is 1. The van der Waals surface area contributed by atoms with Crippen LogP contribution in [-0.2, 0) is 4.79 Å². The Hall–Kier alpha value is -1.38. The molecule has 0 saturated heterocycles. The van der Waals surface area contributed by atoms with Gasteiger partial charge >= 0.3 is 5.97 Å². The molecule has 2 atom stereocenters. The van der Waals surface area contributed by atoms with Crippen molar-refractivity contribution >= 4 is 39.9 Å². The first-order valence-corrected chi connectivity index (χ1v) is 7.48. The van der Waals surface area contributed by atoms with Gasteiger partial charge < -0.3 is 10.4 Å². The monoisotopic (exact) mass is 390 g/mol. The number of hydrogen-bond donors (Lipinski definition) is 2. The van der Waals surface area contributed by atoms with Crippen LogP contribution >= 0.6 is 22.6 Å². The van der Waals surface area contributed by atoms with Crippen LogP contribution in [-0.4, -0.2) is 22.0 Å². The lowest BCUT2D eigenvalue weighted by Gasteiger charge is -2.28. The second kappa shape index (κ2) is 6.38. The molecule has 1 fully saturated rings. The molecule has 2 N–H and O–H groups in total. The van der Waals surface area contributed by atoms with E-state index in [-0.39, 0.29) is 17.6 Å². The summed E-state index contributed by atoms with van der Waals surface area (Å²) in [5.41, 5.74) is 0.888. The number of hydrogen-bond acceptors (Lipinski definition) is 4. The number of nitrogens with one attached hydrogen (secondary N) is 1. The number of nitro groups is 1. The molecular formula is C13H15IN2O4. The zero-order chi connectivity index (χ0) is 14.7. The summed E-state index contributed by atoms with van der Waals surface area (Å²) in [7, 11) is 0. The average Bonchev–Trinajstić information content (AvgIpc) is 2.41. The van der Waals surface area contributed by atoms with E-state index >= 15 is 0 Å². The summed E-state index contributed by atoms with van der Waals surface area (Å²) in [6, 6.07) is 4.77. The van der Waals surface area contributed by atoms with Gasteiger partial charge in [-0.3, -0.25) is 14.9 Å². The summed E-state index contributed by atoms with van der Waals surface area (Å²) in [5.74, 6) is -1.04. The highest BCUT2D eigenvalue weighted by molar-refractivity contribution is 14.1. The molecule has 1 aromatic carbocycles. The quantitative estimate of drug-likeness (QED) is 0.468. The van der Waals surface area contributed by atoms with Crippen molar-refractivity contribution in [3.63, 3.8) is 0 Å². The third-order valence-electron chi connectivity index (χ3n) is 3.55. The topological polar surface area (TPSA) is 92.5 Å². The minimum Gasteiger partial charge on any atom is -0.481 e. The van der Waals surface area contributed by atoms with E-state index < -0.39 is 10.9 Å². The number of anilines is 1. The van der Waals surface area contributed by atoms with Gasteiger partial charge in [0.25, 0.3) is 5.69 Å². The van der Waals surface area contributed by atoms with Crippen LogP contribution in [0.3, 0.4) is 0 Å². The van der Waals surface area contributed by atoms with Crippen molar-refractivity contribution < 1.29 is 14.8 Å². The Morgan fingerprint density at radius 3 is 2.80 bits per heavy atom. The maximum Gasteiger partial charge on any atom is 0.306 e. The van der Waals surface area contributed by atoms with E-state index in [1.807, 2.05) is 0 Å². The Morgan fingerprint density at radius 2 is 2.20 bits per heavy atom. The van der Waals surface area contributed by atoms with Gasteiger partial charge in [0.2, 0.25) is 0 Å². The first-order chi connectivity index (χ1) is 9.47. The van der Waals surface area contributed by atoms with Gasteiger partial charge in [-0.15, -0.1) is 0 Å². The lowest BCUT2D eigenvalue weighted by Crippen LogP contribution is -2.31. The summed E-state index contributed by atoms with van der Waals surface area (Å²) in [6.07, 6.45) is 3.14. The Bertz CT molecular complexity index is 535. The van der Waals surface area contributed by atoms with Crippen molar-refractivity contribution in [2.75, 3.05) is 5.32 Å². The molecule has 2 rings (SSSR count). The third-order valence-corrected chi connectivity index (χ3v) is 4.44. The molecule has 0 radical (unpaired) electrons. The Labute approximate surface area is 129 Å². The second-order valence-electron chi connectivity index (χ2n) is 4.96. The first-order valence-electron chi connectivity index (χ1n) is 6.40. The first kappa shape index (κ1) is 15.0. The maximum atomic E-state index is 11.0. The summed E-state index contributed by atoms with van der Waals surface area (Å²) in [6.45, 7) is 0. The molecule has 1 aliphatic carbocycles. The van der Waals surface area contributed by atoms with Gasteiger partial charge in [-0.25, -0.2) is 0 Å². The van der Waals surface area contributed by atoms with Gasteiger partial charge in [0.1, 0.15) is 0 Å². The number of rotatable bonds is 4. The van der Waals surface area contributed by atoms with Crippen LogP contribution in [0.1, 0.15) is 25.7 Å². The number of halogens is 1. The molecule has 20 heavy (non-hydrogen) atoms. The fourth-order valence-corrected chi connectivity index (χ4v) is 3.15. The van der Waals surface area contributed by atoms with E-state index in [1.54, 1.807) is 6.07 Å². The highest BCUT2D eigenvalue weighted by atomic mass is 127. The number of nitro benzene ring substituents is 1. The molecule has 1 aliphatic rings. The molecule has 0 heterocycles. The summed E-state index contributed by atoms with van der Waals surface area (Å²) < 4.78 is 0.772. The van der Waals surface area contributed by atoms with Gasteiger partial charge in [-0.1, -0.05) is 6.42 Å². The highest BCUT2D eigenvalue weighted by Gasteiger charge is 2.27. The summed E-state index contributed by atoms with van der Waals surface area (Å²) >= 11 is 2.05. The molecule has 0 amide bonds. The fraction of sp³-hybridized carbons (Fsp3) is 0.462. The van der Waals surface area contributed by atoms with Crippen LogP contribution in [0.4, 0.5) is 11.4 Å². The van der Waals surface area contributed by atoms with Crippen LogP contribution in [0.5, 0.6) is 0 Å². The van der Waals surface area contributed by atoms with Crippen LogP contribution in [0.15, 0.2) is 18.2 Å². The molecule has 6 nitrogen and oxygen atoms in total. The van der Waals surface area contributed by atoms with Crippen molar-refractivity contribution in [3.8, 4) is 0 Å². The smallest absolute Gasteiger partial charge is 0.306 e. The predicted octanol–water partition coefficient (Wildman–Crippen LogP) is 3.25. The van der Waals surface area contributed by atoms with Gasteiger partial charge in [-0.05, 0) is 47.9 Å². The second-order valence-corrected chi connectivity index (χ2v) is 6.13. The lowest BCUT2D eigenvalue weighted by atomic mass is 9.85. The normalized spacial score (nSPS) is 22.2. The van der Waals surface area contributed by atoms with Gasteiger partial charge in [0, 0.05) is 27.4 Å². The SMILES string of the molecule is O=C(O)C1CCCC(Nc2ccc([N+](=O)[O-])cc2I)C1. The molecule has 108 valence electrons. The van der Waals surface area contributed by atoms with Crippen LogP contribution in [0, 0.1) is 19.6 Å². The van der Waals surface area contributed by atoms with E-state index in [2.05, 4.69) is 27.9 Å². The predicted molar refractivity (Wildman–Crippen MR) is 82.8 cm³/mol.